The van der Waals surface area contributed by atoms with E-state index in [0.29, 0.717) is 17.9 Å². The molecule has 2 nitrogen and oxygen atoms in total. The Labute approximate surface area is 117 Å². The Bertz CT molecular complexity index is 572. The lowest BCUT2D eigenvalue weighted by Gasteiger charge is -2.12. The molecule has 1 unspecified atom stereocenters. The van der Waals surface area contributed by atoms with Gasteiger partial charge in [0.05, 0.1) is 5.02 Å². The molecule has 0 spiro atoms. The van der Waals surface area contributed by atoms with Gasteiger partial charge in [-0.1, -0.05) is 29.8 Å². The molecule has 2 aromatic rings. The zero-order valence-electron chi connectivity index (χ0n) is 10.6. The van der Waals surface area contributed by atoms with Gasteiger partial charge in [-0.15, -0.1) is 0 Å². The van der Waals surface area contributed by atoms with Gasteiger partial charge in [-0.25, -0.2) is 4.39 Å². The van der Waals surface area contributed by atoms with Crippen molar-refractivity contribution in [2.24, 2.45) is 5.73 Å². The van der Waals surface area contributed by atoms with Crippen molar-refractivity contribution < 1.29 is 9.13 Å². The van der Waals surface area contributed by atoms with E-state index < -0.39 is 5.82 Å². The molecule has 4 heteroatoms. The highest BCUT2D eigenvalue weighted by molar-refractivity contribution is 6.30. The molecule has 0 fully saturated rings. The summed E-state index contributed by atoms with van der Waals surface area (Å²) in [4.78, 5) is 0. The quantitative estimate of drug-likeness (QED) is 0.912. The number of halogens is 2. The average molecular weight is 280 g/mol. The monoisotopic (exact) mass is 279 g/mol. The summed E-state index contributed by atoms with van der Waals surface area (Å²) >= 11 is 5.64. The fourth-order valence-electron chi connectivity index (χ4n) is 1.79. The van der Waals surface area contributed by atoms with Gasteiger partial charge in [0.15, 0.2) is 0 Å². The van der Waals surface area contributed by atoms with Crippen LogP contribution < -0.4 is 10.5 Å². The Morgan fingerprint density at radius 1 is 1.26 bits per heavy atom. The van der Waals surface area contributed by atoms with Crippen LogP contribution in [0.5, 0.6) is 11.5 Å². The van der Waals surface area contributed by atoms with E-state index in [1.165, 1.54) is 12.1 Å². The first-order chi connectivity index (χ1) is 9.06. The Morgan fingerprint density at radius 2 is 2.00 bits per heavy atom. The molecule has 100 valence electrons. The Hall–Kier alpha value is -1.58. The van der Waals surface area contributed by atoms with Crippen molar-refractivity contribution in [3.05, 3.63) is 58.9 Å². The predicted octanol–water partition coefficient (Wildman–Crippen LogP) is 4.16. The highest BCUT2D eigenvalue weighted by Gasteiger charge is 2.08. The summed E-state index contributed by atoms with van der Waals surface area (Å²) in [6.45, 7) is 1.93. The Kier molecular flexibility index (Phi) is 4.40. The van der Waals surface area contributed by atoms with E-state index in [4.69, 9.17) is 22.1 Å². The van der Waals surface area contributed by atoms with E-state index in [9.17, 15) is 4.39 Å². The van der Waals surface area contributed by atoms with E-state index >= 15 is 0 Å². The van der Waals surface area contributed by atoms with Crippen LogP contribution in [0.25, 0.3) is 0 Å². The highest BCUT2D eigenvalue weighted by atomic mass is 35.5. The minimum absolute atomic E-state index is 0.0340. The number of rotatable bonds is 4. The van der Waals surface area contributed by atoms with E-state index in [1.54, 1.807) is 6.07 Å². The number of benzene rings is 2. The summed E-state index contributed by atoms with van der Waals surface area (Å²) in [6, 6.07) is 12.0. The maximum Gasteiger partial charge on any atom is 0.145 e. The number of para-hydroxylation sites is 1. The minimum atomic E-state index is -0.496. The Morgan fingerprint density at radius 3 is 2.68 bits per heavy atom. The maximum absolute atomic E-state index is 13.4. The third-order valence-electron chi connectivity index (χ3n) is 2.63. The van der Waals surface area contributed by atoms with E-state index in [1.807, 2.05) is 31.2 Å². The average Bonchev–Trinajstić information content (AvgIpc) is 2.36. The van der Waals surface area contributed by atoms with E-state index in [-0.39, 0.29) is 11.1 Å². The lowest BCUT2D eigenvalue weighted by Crippen LogP contribution is -2.18. The number of ether oxygens (including phenoxy) is 1. The second-order valence-corrected chi connectivity index (χ2v) is 4.87. The number of hydrogen-bond acceptors (Lipinski definition) is 2. The molecule has 2 aromatic carbocycles. The molecular formula is C15H15ClFNO. The SMILES string of the molecule is CC(N)Cc1ccccc1Oc1ccc(Cl)c(F)c1. The first-order valence-electron chi connectivity index (χ1n) is 6.02. The van der Waals surface area contributed by atoms with E-state index in [2.05, 4.69) is 0 Å². The maximum atomic E-state index is 13.4. The van der Waals surface area contributed by atoms with Gasteiger partial charge < -0.3 is 10.5 Å². The van der Waals surface area contributed by atoms with Crippen molar-refractivity contribution in [3.63, 3.8) is 0 Å². The first kappa shape index (κ1) is 13.8. The van der Waals surface area contributed by atoms with Crippen LogP contribution in [0.4, 0.5) is 4.39 Å². The summed E-state index contributed by atoms with van der Waals surface area (Å²) in [7, 11) is 0. The zero-order chi connectivity index (χ0) is 13.8. The van der Waals surface area contributed by atoms with Gasteiger partial charge in [0.2, 0.25) is 0 Å². The lowest BCUT2D eigenvalue weighted by atomic mass is 10.1. The molecule has 0 saturated carbocycles. The predicted molar refractivity (Wildman–Crippen MR) is 75.3 cm³/mol. The van der Waals surface area contributed by atoms with Crippen LogP contribution in [-0.2, 0) is 6.42 Å². The largest absolute Gasteiger partial charge is 0.457 e. The van der Waals surface area contributed by atoms with Crippen LogP contribution in [0.15, 0.2) is 42.5 Å². The molecule has 0 radical (unpaired) electrons. The van der Waals surface area contributed by atoms with Gasteiger partial charge in [0.25, 0.3) is 0 Å². The molecule has 0 saturated heterocycles. The molecule has 0 bridgehead atoms. The summed E-state index contributed by atoms with van der Waals surface area (Å²) in [5, 5.41) is 0.0798. The standard InChI is InChI=1S/C15H15ClFNO/c1-10(18)8-11-4-2-3-5-15(11)19-12-6-7-13(16)14(17)9-12/h2-7,9-10H,8,18H2,1H3. The van der Waals surface area contributed by atoms with Gasteiger partial charge in [0.1, 0.15) is 17.3 Å². The number of nitrogens with two attached hydrogens (primary N) is 1. The van der Waals surface area contributed by atoms with Crippen molar-refractivity contribution in [3.8, 4) is 11.5 Å². The Balaban J connectivity index is 2.25. The zero-order valence-corrected chi connectivity index (χ0v) is 11.3. The molecule has 2 N–H and O–H groups in total. The van der Waals surface area contributed by atoms with Crippen molar-refractivity contribution >= 4 is 11.6 Å². The molecule has 0 aliphatic carbocycles. The van der Waals surface area contributed by atoms with Gasteiger partial charge >= 0.3 is 0 Å². The summed E-state index contributed by atoms with van der Waals surface area (Å²) in [6.07, 6.45) is 0.701. The summed E-state index contributed by atoms with van der Waals surface area (Å²) in [5.41, 5.74) is 6.79. The van der Waals surface area contributed by atoms with Crippen LogP contribution in [0, 0.1) is 5.82 Å². The second kappa shape index (κ2) is 6.04. The molecule has 2 rings (SSSR count). The van der Waals surface area contributed by atoms with Crippen molar-refractivity contribution in [1.29, 1.82) is 0 Å². The van der Waals surface area contributed by atoms with E-state index in [0.717, 1.165) is 5.56 Å². The van der Waals surface area contributed by atoms with Crippen LogP contribution in [0.3, 0.4) is 0 Å². The fraction of sp³-hybridized carbons (Fsp3) is 0.200. The van der Waals surface area contributed by atoms with Crippen LogP contribution in [0.2, 0.25) is 5.02 Å². The smallest absolute Gasteiger partial charge is 0.145 e. The van der Waals surface area contributed by atoms with Crippen LogP contribution in [0.1, 0.15) is 12.5 Å². The summed E-state index contributed by atoms with van der Waals surface area (Å²) < 4.78 is 19.1. The van der Waals surface area contributed by atoms with Gasteiger partial charge in [-0.05, 0) is 37.1 Å². The molecule has 0 amide bonds. The minimum Gasteiger partial charge on any atom is -0.457 e. The lowest BCUT2D eigenvalue weighted by molar-refractivity contribution is 0.468. The summed E-state index contributed by atoms with van der Waals surface area (Å²) in [5.74, 6) is 0.601. The first-order valence-corrected chi connectivity index (χ1v) is 6.40. The molecular weight excluding hydrogens is 265 g/mol. The van der Waals surface area contributed by atoms with Crippen LogP contribution >= 0.6 is 11.6 Å². The molecule has 0 heterocycles. The molecule has 0 aliphatic rings. The topological polar surface area (TPSA) is 35.2 Å². The van der Waals surface area contributed by atoms with Gasteiger partial charge in [-0.3, -0.25) is 0 Å². The third-order valence-corrected chi connectivity index (χ3v) is 2.94. The normalized spacial score (nSPS) is 12.2. The fourth-order valence-corrected chi connectivity index (χ4v) is 1.90. The molecule has 19 heavy (non-hydrogen) atoms. The van der Waals surface area contributed by atoms with Crippen molar-refractivity contribution in [2.45, 2.75) is 19.4 Å². The van der Waals surface area contributed by atoms with Crippen molar-refractivity contribution in [2.75, 3.05) is 0 Å². The van der Waals surface area contributed by atoms with Gasteiger partial charge in [-0.2, -0.15) is 0 Å². The van der Waals surface area contributed by atoms with Gasteiger partial charge in [0, 0.05) is 12.1 Å². The molecule has 0 aromatic heterocycles. The van der Waals surface area contributed by atoms with Crippen molar-refractivity contribution in [1.82, 2.24) is 0 Å². The highest BCUT2D eigenvalue weighted by Crippen LogP contribution is 2.28. The molecule has 1 atom stereocenters. The number of hydrogen-bond donors (Lipinski definition) is 1. The third kappa shape index (κ3) is 3.69. The second-order valence-electron chi connectivity index (χ2n) is 4.47. The molecule has 0 aliphatic heterocycles. The van der Waals surface area contributed by atoms with Crippen LogP contribution in [-0.4, -0.2) is 6.04 Å².